The number of fused-ring (bicyclic) bond motifs is 1. The molecule has 0 amide bonds. The predicted molar refractivity (Wildman–Crippen MR) is 82.6 cm³/mol. The maximum absolute atomic E-state index is 11.9. The van der Waals surface area contributed by atoms with Gasteiger partial charge in [-0.3, -0.25) is 14.8 Å². The minimum atomic E-state index is 0.0557. The lowest BCUT2D eigenvalue weighted by Crippen LogP contribution is -2.06. The van der Waals surface area contributed by atoms with Crippen molar-refractivity contribution in [3.8, 4) is 11.4 Å². The van der Waals surface area contributed by atoms with Crippen LogP contribution in [0.25, 0.3) is 11.4 Å². The van der Waals surface area contributed by atoms with Crippen molar-refractivity contribution in [2.45, 2.75) is 12.8 Å². The molecule has 1 aliphatic heterocycles. The molecule has 3 rings (SSSR count). The Hall–Kier alpha value is -2.12. The van der Waals surface area contributed by atoms with Gasteiger partial charge >= 0.3 is 0 Å². The van der Waals surface area contributed by atoms with Gasteiger partial charge in [-0.2, -0.15) is 0 Å². The van der Waals surface area contributed by atoms with Gasteiger partial charge in [-0.25, -0.2) is 4.98 Å². The van der Waals surface area contributed by atoms with Crippen LogP contribution in [0.3, 0.4) is 0 Å². The average Bonchev–Trinajstić information content (AvgIpc) is 2.96. The lowest BCUT2D eigenvalue weighted by molar-refractivity contribution is 0.100. The Bertz CT molecular complexity index is 696. The second-order valence-electron chi connectivity index (χ2n) is 4.54. The molecule has 3 heterocycles. The first-order valence-corrected chi connectivity index (χ1v) is 7.53. The summed E-state index contributed by atoms with van der Waals surface area (Å²) < 4.78 is 0. The smallest absolute Gasteiger partial charge is 0.183 e. The molecule has 0 fully saturated rings. The van der Waals surface area contributed by atoms with Crippen LogP contribution in [0, 0.1) is 0 Å². The highest BCUT2D eigenvalue weighted by Crippen LogP contribution is 2.35. The number of nitrogens with zero attached hydrogens (tertiary/aromatic N) is 3. The zero-order valence-corrected chi connectivity index (χ0v) is 12.1. The molecular formula is C14H14N4O2S. The van der Waals surface area contributed by atoms with Crippen molar-refractivity contribution in [1.29, 1.82) is 0 Å². The van der Waals surface area contributed by atoms with Crippen LogP contribution in [0.1, 0.15) is 23.2 Å². The van der Waals surface area contributed by atoms with Crippen LogP contribution in [0.2, 0.25) is 0 Å². The summed E-state index contributed by atoms with van der Waals surface area (Å²) >= 11 is 1.47. The quantitative estimate of drug-likeness (QED) is 0.827. The Morgan fingerprint density at radius 1 is 1.43 bits per heavy atom. The number of thiazole rings is 1. The van der Waals surface area contributed by atoms with E-state index in [4.69, 9.17) is 5.11 Å². The largest absolute Gasteiger partial charge is 0.396 e. The molecule has 2 aromatic heterocycles. The van der Waals surface area contributed by atoms with Gasteiger partial charge < -0.3 is 10.4 Å². The lowest BCUT2D eigenvalue weighted by atomic mass is 10.0. The van der Waals surface area contributed by atoms with Crippen LogP contribution in [-0.2, 0) is 0 Å². The van der Waals surface area contributed by atoms with Crippen molar-refractivity contribution in [3.05, 3.63) is 23.2 Å². The normalized spacial score (nSPS) is 13.3. The Labute approximate surface area is 125 Å². The van der Waals surface area contributed by atoms with Gasteiger partial charge in [-0.15, -0.1) is 11.3 Å². The maximum Gasteiger partial charge on any atom is 0.183 e. The molecule has 108 valence electrons. The summed E-state index contributed by atoms with van der Waals surface area (Å²) in [4.78, 5) is 25.0. The third-order valence-electron chi connectivity index (χ3n) is 3.08. The molecule has 0 spiro atoms. The van der Waals surface area contributed by atoms with E-state index >= 15 is 0 Å². The van der Waals surface area contributed by atoms with Crippen molar-refractivity contribution < 1.29 is 9.90 Å². The Balaban J connectivity index is 1.90. The lowest BCUT2D eigenvalue weighted by Gasteiger charge is -2.10. The van der Waals surface area contributed by atoms with Gasteiger partial charge in [0.05, 0.1) is 0 Å². The molecule has 6 nitrogen and oxygen atoms in total. The SMILES string of the molecule is O=C1CC=Nc2c1ccnc2-c1csc(NCCCO)n1. The first-order chi connectivity index (χ1) is 10.3. The van der Waals surface area contributed by atoms with Crippen molar-refractivity contribution >= 4 is 34.2 Å². The van der Waals surface area contributed by atoms with Crippen LogP contribution < -0.4 is 5.32 Å². The number of aliphatic hydroxyl groups excluding tert-OH is 1. The van der Waals surface area contributed by atoms with E-state index in [1.165, 1.54) is 11.3 Å². The zero-order valence-electron chi connectivity index (χ0n) is 11.2. The molecule has 0 saturated heterocycles. The maximum atomic E-state index is 11.9. The van der Waals surface area contributed by atoms with Gasteiger partial charge in [-0.05, 0) is 12.5 Å². The number of pyridine rings is 1. The predicted octanol–water partition coefficient (Wildman–Crippen LogP) is 2.29. The Morgan fingerprint density at radius 2 is 2.33 bits per heavy atom. The van der Waals surface area contributed by atoms with Crippen LogP contribution in [0.4, 0.5) is 10.8 Å². The highest BCUT2D eigenvalue weighted by molar-refractivity contribution is 7.14. The number of aliphatic hydroxyl groups is 1. The standard InChI is InChI=1S/C14H14N4O2S/c19-7-1-4-17-14-18-10(8-21-14)13-12-9(2-5-16-13)11(20)3-6-15-12/h2,5-6,8,19H,1,3-4,7H2,(H,17,18). The summed E-state index contributed by atoms with van der Waals surface area (Å²) in [6, 6.07) is 1.70. The van der Waals surface area contributed by atoms with E-state index in [1.807, 2.05) is 5.38 Å². The van der Waals surface area contributed by atoms with E-state index < -0.39 is 0 Å². The van der Waals surface area contributed by atoms with E-state index in [0.717, 1.165) is 5.13 Å². The van der Waals surface area contributed by atoms with Crippen LogP contribution >= 0.6 is 11.3 Å². The molecule has 0 radical (unpaired) electrons. The fourth-order valence-corrected chi connectivity index (χ4v) is 2.79. The summed E-state index contributed by atoms with van der Waals surface area (Å²) in [5, 5.41) is 14.6. The van der Waals surface area contributed by atoms with E-state index in [1.54, 1.807) is 18.5 Å². The van der Waals surface area contributed by atoms with Crippen LogP contribution in [-0.4, -0.2) is 40.2 Å². The van der Waals surface area contributed by atoms with Crippen LogP contribution in [0.5, 0.6) is 0 Å². The molecular weight excluding hydrogens is 288 g/mol. The Morgan fingerprint density at radius 3 is 3.19 bits per heavy atom. The van der Waals surface area contributed by atoms with E-state index in [0.29, 0.717) is 42.0 Å². The molecule has 0 aromatic carbocycles. The van der Waals surface area contributed by atoms with Crippen molar-refractivity contribution in [2.75, 3.05) is 18.5 Å². The monoisotopic (exact) mass is 302 g/mol. The van der Waals surface area contributed by atoms with Crippen LogP contribution in [0.15, 0.2) is 22.6 Å². The summed E-state index contributed by atoms with van der Waals surface area (Å²) in [6.07, 6.45) is 4.24. The number of carbonyl (C=O) groups excluding carboxylic acids is 1. The number of hydrogen-bond acceptors (Lipinski definition) is 7. The summed E-state index contributed by atoms with van der Waals surface area (Å²) in [7, 11) is 0. The molecule has 0 unspecified atom stereocenters. The number of aliphatic imine (C=N–C) groups is 1. The summed E-state index contributed by atoms with van der Waals surface area (Å²) in [6.45, 7) is 0.816. The van der Waals surface area contributed by atoms with Gasteiger partial charge in [-0.1, -0.05) is 0 Å². The fourth-order valence-electron chi connectivity index (χ4n) is 2.06. The number of aromatic nitrogens is 2. The molecule has 2 aromatic rings. The summed E-state index contributed by atoms with van der Waals surface area (Å²) in [5.41, 5.74) is 2.53. The zero-order chi connectivity index (χ0) is 14.7. The van der Waals surface area contributed by atoms with E-state index in [2.05, 4.69) is 20.3 Å². The van der Waals surface area contributed by atoms with Crippen molar-refractivity contribution in [1.82, 2.24) is 9.97 Å². The molecule has 1 aliphatic rings. The number of hydrogen-bond donors (Lipinski definition) is 2. The van der Waals surface area contributed by atoms with Gasteiger partial charge in [0, 0.05) is 42.9 Å². The van der Waals surface area contributed by atoms with E-state index in [9.17, 15) is 4.79 Å². The highest BCUT2D eigenvalue weighted by atomic mass is 32.1. The number of ketones is 1. The Kier molecular flexibility index (Phi) is 4.03. The minimum absolute atomic E-state index is 0.0557. The number of nitrogens with one attached hydrogen (secondary N) is 1. The molecule has 0 aliphatic carbocycles. The first kappa shape index (κ1) is 13.8. The minimum Gasteiger partial charge on any atom is -0.396 e. The fraction of sp³-hybridized carbons (Fsp3) is 0.286. The second kappa shape index (κ2) is 6.11. The van der Waals surface area contributed by atoms with Gasteiger partial charge in [0.25, 0.3) is 0 Å². The molecule has 2 N–H and O–H groups in total. The molecule has 0 atom stereocenters. The summed E-state index contributed by atoms with van der Waals surface area (Å²) in [5.74, 6) is 0.0557. The average molecular weight is 302 g/mol. The third-order valence-corrected chi connectivity index (χ3v) is 3.88. The number of carbonyl (C=O) groups is 1. The van der Waals surface area contributed by atoms with Gasteiger partial charge in [0.1, 0.15) is 17.1 Å². The number of anilines is 1. The van der Waals surface area contributed by atoms with E-state index in [-0.39, 0.29) is 12.4 Å². The molecule has 0 saturated carbocycles. The van der Waals surface area contributed by atoms with Gasteiger partial charge in [0.2, 0.25) is 0 Å². The molecule has 21 heavy (non-hydrogen) atoms. The first-order valence-electron chi connectivity index (χ1n) is 6.65. The number of Topliss-reactive ketones (excluding diaryl/α,β-unsaturated/α-hetero) is 1. The highest BCUT2D eigenvalue weighted by Gasteiger charge is 2.20. The molecule has 7 heteroatoms. The van der Waals surface area contributed by atoms with Gasteiger partial charge in [0.15, 0.2) is 10.9 Å². The van der Waals surface area contributed by atoms with Crippen molar-refractivity contribution in [3.63, 3.8) is 0 Å². The topological polar surface area (TPSA) is 87.5 Å². The van der Waals surface area contributed by atoms with Crippen molar-refractivity contribution in [2.24, 2.45) is 4.99 Å². The molecule has 0 bridgehead atoms. The third kappa shape index (κ3) is 2.84. The number of rotatable bonds is 5. The second-order valence-corrected chi connectivity index (χ2v) is 5.39.